The van der Waals surface area contributed by atoms with Gasteiger partial charge in [-0.05, 0) is 17.1 Å². The van der Waals surface area contributed by atoms with Crippen LogP contribution in [0.4, 0.5) is 5.13 Å². The van der Waals surface area contributed by atoms with Crippen molar-refractivity contribution in [1.29, 1.82) is 0 Å². The van der Waals surface area contributed by atoms with Gasteiger partial charge in [0.05, 0.1) is 11.9 Å². The van der Waals surface area contributed by atoms with Gasteiger partial charge < -0.3 is 21.5 Å². The summed E-state index contributed by atoms with van der Waals surface area (Å²) in [5.74, 6) is -1.61. The zero-order valence-electron chi connectivity index (χ0n) is 16.0. The van der Waals surface area contributed by atoms with Crippen LogP contribution in [0.2, 0.25) is 0 Å². The number of anilines is 1. The van der Waals surface area contributed by atoms with Gasteiger partial charge in [0, 0.05) is 16.9 Å². The summed E-state index contributed by atoms with van der Waals surface area (Å²) in [5, 5.41) is 19.7. The molecule has 1 fully saturated rings. The Bertz CT molecular complexity index is 1090. The number of thiazole rings is 1. The molecule has 168 valence electrons. The number of rotatable bonds is 9. The van der Waals surface area contributed by atoms with Gasteiger partial charge >= 0.3 is 5.97 Å². The minimum atomic E-state index is -1.20. The summed E-state index contributed by atoms with van der Waals surface area (Å²) in [4.78, 5) is 53.6. The maximum Gasteiger partial charge on any atom is 0.352 e. The van der Waals surface area contributed by atoms with Crippen LogP contribution < -0.4 is 16.4 Å². The van der Waals surface area contributed by atoms with E-state index in [0.717, 1.165) is 15.5 Å². The SMILES string of the molecule is Nc1nc(C(NC=O)C(=O)NC2C(=O)N3C(C(=O)O)=C(CSc4cnns4)CSC23)cs1. The van der Waals surface area contributed by atoms with Crippen molar-refractivity contribution in [1.82, 2.24) is 30.1 Å². The maximum atomic E-state index is 12.8. The molecule has 1 saturated heterocycles. The number of nitrogens with one attached hydrogen (secondary N) is 2. The fraction of sp³-hybridized carbons (Fsp3) is 0.312. The molecule has 2 aliphatic rings. The minimum absolute atomic E-state index is 0.0657. The van der Waals surface area contributed by atoms with Gasteiger partial charge in [0.2, 0.25) is 12.3 Å². The zero-order valence-corrected chi connectivity index (χ0v) is 19.2. The molecule has 5 N–H and O–H groups in total. The third-order valence-electron chi connectivity index (χ3n) is 4.61. The molecule has 12 nitrogen and oxygen atoms in total. The highest BCUT2D eigenvalue weighted by Crippen LogP contribution is 2.42. The molecular formula is C16H15N7O5S4. The van der Waals surface area contributed by atoms with Crippen LogP contribution in [0.3, 0.4) is 0 Å². The number of hydrogen-bond acceptors (Lipinski definition) is 12. The van der Waals surface area contributed by atoms with E-state index < -0.39 is 35.2 Å². The van der Waals surface area contributed by atoms with Gasteiger partial charge in [-0.15, -0.1) is 40.0 Å². The zero-order chi connectivity index (χ0) is 22.8. The van der Waals surface area contributed by atoms with Gasteiger partial charge in [-0.25, -0.2) is 9.78 Å². The van der Waals surface area contributed by atoms with Crippen molar-refractivity contribution < 1.29 is 24.3 Å². The van der Waals surface area contributed by atoms with Gasteiger partial charge in [-0.2, -0.15) is 0 Å². The van der Waals surface area contributed by atoms with Crippen LogP contribution in [0.15, 0.2) is 27.1 Å². The fourth-order valence-corrected chi connectivity index (χ4v) is 6.70. The van der Waals surface area contributed by atoms with E-state index in [2.05, 4.69) is 25.2 Å². The van der Waals surface area contributed by atoms with Crippen molar-refractivity contribution >= 4 is 75.7 Å². The van der Waals surface area contributed by atoms with Crippen LogP contribution >= 0.6 is 46.4 Å². The number of aliphatic carboxylic acids is 1. The number of nitrogen functional groups attached to an aromatic ring is 1. The Hall–Kier alpha value is -2.69. The van der Waals surface area contributed by atoms with Crippen molar-refractivity contribution in [3.8, 4) is 0 Å². The summed E-state index contributed by atoms with van der Waals surface area (Å²) in [6.07, 6.45) is 1.95. The van der Waals surface area contributed by atoms with E-state index in [9.17, 15) is 24.3 Å². The molecule has 3 atom stereocenters. The molecule has 2 aromatic rings. The van der Waals surface area contributed by atoms with E-state index in [-0.39, 0.29) is 16.5 Å². The first kappa shape index (κ1) is 22.5. The lowest BCUT2D eigenvalue weighted by Gasteiger charge is -2.49. The molecule has 4 rings (SSSR count). The Morgan fingerprint density at radius 3 is 2.91 bits per heavy atom. The smallest absolute Gasteiger partial charge is 0.352 e. The van der Waals surface area contributed by atoms with E-state index in [1.165, 1.54) is 45.3 Å². The number of carboxylic acid groups (broad SMARTS) is 1. The molecule has 0 aromatic carbocycles. The molecule has 2 aromatic heterocycles. The lowest BCUT2D eigenvalue weighted by Crippen LogP contribution is -2.71. The predicted molar refractivity (Wildman–Crippen MR) is 119 cm³/mol. The monoisotopic (exact) mass is 513 g/mol. The predicted octanol–water partition coefficient (Wildman–Crippen LogP) is -0.105. The Kier molecular flexibility index (Phi) is 6.63. The second kappa shape index (κ2) is 9.43. The number of fused-ring (bicyclic) bond motifs is 1. The third kappa shape index (κ3) is 4.30. The Labute approximate surface area is 197 Å². The number of nitrogens with zero attached hydrogens (tertiary/aromatic N) is 4. The lowest BCUT2D eigenvalue weighted by molar-refractivity contribution is -0.151. The van der Waals surface area contributed by atoms with E-state index in [1.807, 2.05) is 0 Å². The molecule has 0 aliphatic carbocycles. The molecule has 0 spiro atoms. The van der Waals surface area contributed by atoms with Crippen LogP contribution in [0, 0.1) is 0 Å². The Morgan fingerprint density at radius 2 is 2.28 bits per heavy atom. The van der Waals surface area contributed by atoms with Crippen LogP contribution in [-0.4, -0.2) is 71.7 Å². The van der Waals surface area contributed by atoms with Crippen molar-refractivity contribution in [3.63, 3.8) is 0 Å². The Balaban J connectivity index is 1.48. The second-order valence-corrected chi connectivity index (χ2v) is 10.6. The number of carbonyl (C=O) groups is 4. The molecule has 3 amide bonds. The van der Waals surface area contributed by atoms with Gasteiger partial charge in [-0.1, -0.05) is 4.49 Å². The standard InChI is InChI=1S/C16H15N7O5S4/c17-16-20-7(4-31-16)9(18-5-24)12(25)21-10-13(26)23-11(15(27)28)6(3-30-14(10)23)2-29-8-1-19-22-32-8/h1,4-5,9-10,14H,2-3H2,(H2,17,20)(H,18,24)(H,21,25)(H,27,28). The molecular weight excluding hydrogens is 498 g/mol. The molecule has 0 bridgehead atoms. The average molecular weight is 514 g/mol. The molecule has 2 aliphatic heterocycles. The van der Waals surface area contributed by atoms with Gasteiger partial charge in [0.25, 0.3) is 5.91 Å². The third-order valence-corrected chi connectivity index (χ3v) is 8.56. The number of amides is 3. The van der Waals surface area contributed by atoms with Crippen molar-refractivity contribution in [2.24, 2.45) is 0 Å². The highest BCUT2D eigenvalue weighted by Gasteiger charge is 2.54. The number of aromatic nitrogens is 3. The topological polar surface area (TPSA) is 180 Å². The quantitative estimate of drug-likeness (QED) is 0.200. The van der Waals surface area contributed by atoms with Crippen molar-refractivity contribution in [3.05, 3.63) is 28.5 Å². The van der Waals surface area contributed by atoms with Gasteiger partial charge in [0.1, 0.15) is 21.3 Å². The average Bonchev–Trinajstić information content (AvgIpc) is 3.45. The summed E-state index contributed by atoms with van der Waals surface area (Å²) in [7, 11) is 0. The van der Waals surface area contributed by atoms with E-state index in [4.69, 9.17) is 5.73 Å². The van der Waals surface area contributed by atoms with E-state index in [1.54, 1.807) is 6.20 Å². The van der Waals surface area contributed by atoms with Gasteiger partial charge in [0.15, 0.2) is 11.2 Å². The number of carboxylic acids is 1. The highest BCUT2D eigenvalue weighted by atomic mass is 32.2. The number of nitrogens with two attached hydrogens (primary N) is 1. The number of hydrogen-bond donors (Lipinski definition) is 4. The second-order valence-electron chi connectivity index (χ2n) is 6.51. The summed E-state index contributed by atoms with van der Waals surface area (Å²) in [6, 6.07) is -2.04. The molecule has 32 heavy (non-hydrogen) atoms. The minimum Gasteiger partial charge on any atom is -0.477 e. The fourth-order valence-electron chi connectivity index (χ4n) is 3.21. The molecule has 3 unspecified atom stereocenters. The summed E-state index contributed by atoms with van der Waals surface area (Å²) < 4.78 is 4.61. The number of carbonyl (C=O) groups excluding carboxylic acids is 3. The van der Waals surface area contributed by atoms with Crippen LogP contribution in [0.25, 0.3) is 0 Å². The summed E-state index contributed by atoms with van der Waals surface area (Å²) in [5.41, 5.74) is 6.39. The summed E-state index contributed by atoms with van der Waals surface area (Å²) in [6.45, 7) is 0. The normalized spacial score (nSPS) is 20.9. The largest absolute Gasteiger partial charge is 0.477 e. The molecule has 0 radical (unpaired) electrons. The first-order valence-corrected chi connectivity index (χ1v) is 12.6. The summed E-state index contributed by atoms with van der Waals surface area (Å²) >= 11 is 5.08. The molecule has 16 heteroatoms. The van der Waals surface area contributed by atoms with Crippen LogP contribution in [-0.2, 0) is 19.2 Å². The molecule has 0 saturated carbocycles. The highest BCUT2D eigenvalue weighted by molar-refractivity contribution is 8.01. The first-order valence-electron chi connectivity index (χ1n) is 8.91. The van der Waals surface area contributed by atoms with Crippen molar-refractivity contribution in [2.45, 2.75) is 21.7 Å². The maximum absolute atomic E-state index is 12.8. The van der Waals surface area contributed by atoms with Crippen LogP contribution in [0.1, 0.15) is 11.7 Å². The van der Waals surface area contributed by atoms with E-state index >= 15 is 0 Å². The first-order chi connectivity index (χ1) is 15.4. The number of thioether (sulfide) groups is 2. The van der Waals surface area contributed by atoms with Gasteiger partial charge in [-0.3, -0.25) is 19.3 Å². The lowest BCUT2D eigenvalue weighted by atomic mass is 10.0. The number of β-lactam (4-membered cyclic amide) rings is 1. The van der Waals surface area contributed by atoms with Crippen molar-refractivity contribution in [2.75, 3.05) is 17.2 Å². The van der Waals surface area contributed by atoms with E-state index in [0.29, 0.717) is 23.5 Å². The Morgan fingerprint density at radius 1 is 1.47 bits per heavy atom. The van der Waals surface area contributed by atoms with Crippen LogP contribution in [0.5, 0.6) is 0 Å². The molecule has 4 heterocycles.